The number of nitrogens with zero attached hydrogens (tertiary/aromatic N) is 2. The predicted molar refractivity (Wildman–Crippen MR) is 68.8 cm³/mol. The third-order valence-electron chi connectivity index (χ3n) is 2.94. The number of hydrogen-bond acceptors (Lipinski definition) is 5. The Labute approximate surface area is 106 Å². The van der Waals surface area contributed by atoms with Gasteiger partial charge in [-0.3, -0.25) is 4.79 Å². The Balaban J connectivity index is 1.94. The van der Waals surface area contributed by atoms with Crippen LogP contribution < -0.4 is 10.6 Å². The van der Waals surface area contributed by atoms with Crippen molar-refractivity contribution < 1.29 is 9.90 Å². The molecule has 0 radical (unpaired) electrons. The normalized spacial score (nSPS) is 14.9. The lowest BCUT2D eigenvalue weighted by Gasteiger charge is -2.27. The average molecular weight is 250 g/mol. The second-order valence-electron chi connectivity index (χ2n) is 4.53. The number of carboxylic acids is 1. The molecule has 0 unspecified atom stereocenters. The van der Waals surface area contributed by atoms with Gasteiger partial charge < -0.3 is 15.7 Å². The summed E-state index contributed by atoms with van der Waals surface area (Å²) in [5.41, 5.74) is 0. The molecule has 0 spiro atoms. The second-order valence-corrected chi connectivity index (χ2v) is 4.53. The zero-order valence-electron chi connectivity index (χ0n) is 10.4. The van der Waals surface area contributed by atoms with E-state index in [1.54, 1.807) is 0 Å². The summed E-state index contributed by atoms with van der Waals surface area (Å²) < 4.78 is 0. The number of anilines is 2. The molecule has 98 valence electrons. The summed E-state index contributed by atoms with van der Waals surface area (Å²) in [6, 6.07) is 2.35. The van der Waals surface area contributed by atoms with E-state index in [4.69, 9.17) is 5.11 Å². The summed E-state index contributed by atoms with van der Waals surface area (Å²) >= 11 is 0. The Morgan fingerprint density at radius 1 is 1.44 bits per heavy atom. The highest BCUT2D eigenvalue weighted by Crippen LogP contribution is 2.23. The highest BCUT2D eigenvalue weighted by Gasteiger charge is 2.17. The number of aliphatic carboxylic acids is 1. The van der Waals surface area contributed by atoms with Gasteiger partial charge in [0.25, 0.3) is 0 Å². The summed E-state index contributed by atoms with van der Waals surface area (Å²) in [7, 11) is 0. The van der Waals surface area contributed by atoms with Crippen LogP contribution in [0.1, 0.15) is 31.5 Å². The van der Waals surface area contributed by atoms with Crippen molar-refractivity contribution in [3.63, 3.8) is 0 Å². The lowest BCUT2D eigenvalue weighted by atomic mass is 9.93. The molecule has 1 aromatic rings. The lowest BCUT2D eigenvalue weighted by Crippen LogP contribution is -2.27. The van der Waals surface area contributed by atoms with Crippen molar-refractivity contribution in [2.45, 2.75) is 38.6 Å². The van der Waals surface area contributed by atoms with Crippen molar-refractivity contribution in [3.8, 4) is 0 Å². The van der Waals surface area contributed by atoms with Crippen molar-refractivity contribution in [2.24, 2.45) is 0 Å². The maximum absolute atomic E-state index is 10.4. The smallest absolute Gasteiger partial charge is 0.305 e. The fraction of sp³-hybridized carbons (Fsp3) is 0.583. The summed E-state index contributed by atoms with van der Waals surface area (Å²) in [4.78, 5) is 19.0. The van der Waals surface area contributed by atoms with E-state index >= 15 is 0 Å². The van der Waals surface area contributed by atoms with Crippen molar-refractivity contribution in [3.05, 3.63) is 11.9 Å². The molecular weight excluding hydrogens is 232 g/mol. The minimum absolute atomic E-state index is 0.0778. The van der Waals surface area contributed by atoms with E-state index in [1.807, 2.05) is 13.0 Å². The van der Waals surface area contributed by atoms with E-state index in [0.717, 1.165) is 5.82 Å². The largest absolute Gasteiger partial charge is 0.481 e. The number of aryl methyl sites for hydroxylation is 1. The van der Waals surface area contributed by atoms with Gasteiger partial charge in [-0.1, -0.05) is 0 Å². The van der Waals surface area contributed by atoms with Crippen molar-refractivity contribution in [1.29, 1.82) is 0 Å². The first-order valence-electron chi connectivity index (χ1n) is 6.21. The van der Waals surface area contributed by atoms with Crippen LogP contribution in [0.3, 0.4) is 0 Å². The molecule has 1 heterocycles. The molecule has 18 heavy (non-hydrogen) atoms. The van der Waals surface area contributed by atoms with Gasteiger partial charge in [-0.2, -0.15) is 0 Å². The molecule has 0 saturated heterocycles. The van der Waals surface area contributed by atoms with Gasteiger partial charge in [0, 0.05) is 18.7 Å². The van der Waals surface area contributed by atoms with E-state index in [9.17, 15) is 4.79 Å². The SMILES string of the molecule is Cc1nc(NCCC(=O)O)cc(NC2CCC2)n1. The fourth-order valence-corrected chi connectivity index (χ4v) is 1.79. The van der Waals surface area contributed by atoms with Crippen molar-refractivity contribution in [1.82, 2.24) is 9.97 Å². The number of carboxylic acid groups (broad SMARTS) is 1. The monoisotopic (exact) mass is 250 g/mol. The molecule has 1 saturated carbocycles. The maximum Gasteiger partial charge on any atom is 0.305 e. The van der Waals surface area contributed by atoms with Crippen LogP contribution >= 0.6 is 0 Å². The highest BCUT2D eigenvalue weighted by molar-refractivity contribution is 5.67. The van der Waals surface area contributed by atoms with Crippen LogP contribution in [0, 0.1) is 6.92 Å². The van der Waals surface area contributed by atoms with Gasteiger partial charge in [0.1, 0.15) is 17.5 Å². The highest BCUT2D eigenvalue weighted by atomic mass is 16.4. The third kappa shape index (κ3) is 3.58. The van der Waals surface area contributed by atoms with E-state index < -0.39 is 5.97 Å². The first-order chi connectivity index (χ1) is 8.63. The topological polar surface area (TPSA) is 87.1 Å². The van der Waals surface area contributed by atoms with E-state index in [0.29, 0.717) is 24.2 Å². The minimum atomic E-state index is -0.818. The third-order valence-corrected chi connectivity index (χ3v) is 2.94. The Kier molecular flexibility index (Phi) is 3.96. The van der Waals surface area contributed by atoms with E-state index in [2.05, 4.69) is 20.6 Å². The van der Waals surface area contributed by atoms with Crippen LogP contribution in [0.2, 0.25) is 0 Å². The van der Waals surface area contributed by atoms with Gasteiger partial charge >= 0.3 is 5.97 Å². The lowest BCUT2D eigenvalue weighted by molar-refractivity contribution is -0.136. The van der Waals surface area contributed by atoms with Crippen LogP contribution in [-0.2, 0) is 4.79 Å². The predicted octanol–water partition coefficient (Wildman–Crippen LogP) is 1.64. The molecule has 2 rings (SSSR count). The molecule has 6 nitrogen and oxygen atoms in total. The molecule has 0 amide bonds. The summed E-state index contributed by atoms with van der Waals surface area (Å²) in [6.07, 6.45) is 3.72. The number of aromatic nitrogens is 2. The fourth-order valence-electron chi connectivity index (χ4n) is 1.79. The molecule has 0 aromatic carbocycles. The quantitative estimate of drug-likeness (QED) is 0.711. The Morgan fingerprint density at radius 3 is 2.78 bits per heavy atom. The molecule has 1 aliphatic rings. The van der Waals surface area contributed by atoms with Gasteiger partial charge in [-0.05, 0) is 26.2 Å². The Hall–Kier alpha value is -1.85. The molecule has 1 aliphatic carbocycles. The number of carbonyl (C=O) groups is 1. The van der Waals surface area contributed by atoms with Crippen LogP contribution in [0.15, 0.2) is 6.07 Å². The maximum atomic E-state index is 10.4. The van der Waals surface area contributed by atoms with Gasteiger partial charge in [-0.15, -0.1) is 0 Å². The summed E-state index contributed by atoms with van der Waals surface area (Å²) in [6.45, 7) is 2.20. The van der Waals surface area contributed by atoms with Crippen LogP contribution in [0.4, 0.5) is 11.6 Å². The van der Waals surface area contributed by atoms with Crippen LogP contribution in [0.5, 0.6) is 0 Å². The molecule has 6 heteroatoms. The van der Waals surface area contributed by atoms with Crippen LogP contribution in [-0.4, -0.2) is 33.6 Å². The Morgan fingerprint density at radius 2 is 2.17 bits per heavy atom. The molecule has 0 bridgehead atoms. The van der Waals surface area contributed by atoms with Gasteiger partial charge in [-0.25, -0.2) is 9.97 Å². The molecule has 3 N–H and O–H groups in total. The number of hydrogen-bond donors (Lipinski definition) is 3. The summed E-state index contributed by atoms with van der Waals surface area (Å²) in [5.74, 6) is 1.34. The van der Waals surface area contributed by atoms with Gasteiger partial charge in [0.05, 0.1) is 6.42 Å². The zero-order valence-corrected chi connectivity index (χ0v) is 10.4. The first kappa shape index (κ1) is 12.6. The average Bonchev–Trinajstić information content (AvgIpc) is 2.22. The number of nitrogens with one attached hydrogen (secondary N) is 2. The van der Waals surface area contributed by atoms with Gasteiger partial charge in [0.15, 0.2) is 0 Å². The number of rotatable bonds is 6. The minimum Gasteiger partial charge on any atom is -0.481 e. The van der Waals surface area contributed by atoms with Crippen molar-refractivity contribution in [2.75, 3.05) is 17.2 Å². The standard InChI is InChI=1S/C12H18N4O2/c1-8-14-10(13-6-5-12(17)18)7-11(15-8)16-9-3-2-4-9/h7,9H,2-6H2,1H3,(H,17,18)(H2,13,14,15,16). The second kappa shape index (κ2) is 5.66. The zero-order chi connectivity index (χ0) is 13.0. The molecule has 0 aliphatic heterocycles. The molecule has 1 fully saturated rings. The van der Waals surface area contributed by atoms with Gasteiger partial charge in [0.2, 0.25) is 0 Å². The van der Waals surface area contributed by atoms with E-state index in [1.165, 1.54) is 19.3 Å². The Bertz CT molecular complexity index is 432. The molecule has 0 atom stereocenters. The molecule has 1 aromatic heterocycles. The van der Waals surface area contributed by atoms with Crippen molar-refractivity contribution >= 4 is 17.6 Å². The van der Waals surface area contributed by atoms with Crippen LogP contribution in [0.25, 0.3) is 0 Å². The first-order valence-corrected chi connectivity index (χ1v) is 6.21. The summed E-state index contributed by atoms with van der Waals surface area (Å²) in [5, 5.41) is 14.9. The molecular formula is C12H18N4O2. The van der Waals surface area contributed by atoms with E-state index in [-0.39, 0.29) is 6.42 Å².